The van der Waals surface area contributed by atoms with E-state index in [0.29, 0.717) is 27.4 Å². The molecule has 0 saturated heterocycles. The van der Waals surface area contributed by atoms with Crippen molar-refractivity contribution in [1.29, 1.82) is 0 Å². The molecule has 0 radical (unpaired) electrons. The maximum Gasteiger partial charge on any atom is 0.302 e. The van der Waals surface area contributed by atoms with Crippen LogP contribution in [0.2, 0.25) is 5.02 Å². The third kappa shape index (κ3) is 3.49. The van der Waals surface area contributed by atoms with Gasteiger partial charge in [-0.1, -0.05) is 17.7 Å². The van der Waals surface area contributed by atoms with Crippen LogP contribution in [0.15, 0.2) is 46.9 Å². The number of benzene rings is 2. The molecule has 3 aromatic rings. The first-order valence-electron chi connectivity index (χ1n) is 6.76. The van der Waals surface area contributed by atoms with Crippen LogP contribution >= 0.6 is 11.6 Å². The maximum absolute atomic E-state index is 12.1. The van der Waals surface area contributed by atoms with E-state index in [1.165, 1.54) is 6.92 Å². The molecule has 23 heavy (non-hydrogen) atoms. The summed E-state index contributed by atoms with van der Waals surface area (Å²) in [5, 5.41) is 5.69. The van der Waals surface area contributed by atoms with Crippen LogP contribution in [0.25, 0.3) is 11.1 Å². The number of anilines is 2. The van der Waals surface area contributed by atoms with Gasteiger partial charge in [0.1, 0.15) is 5.52 Å². The molecule has 0 atom stereocenters. The van der Waals surface area contributed by atoms with Gasteiger partial charge in [-0.15, -0.1) is 0 Å². The highest BCUT2D eigenvalue weighted by Gasteiger charge is 2.12. The summed E-state index contributed by atoms with van der Waals surface area (Å²) in [6.45, 7) is 1.42. The Labute approximate surface area is 136 Å². The Bertz CT molecular complexity index is 904. The monoisotopic (exact) mass is 329 g/mol. The van der Waals surface area contributed by atoms with Crippen LogP contribution in [0.3, 0.4) is 0 Å². The van der Waals surface area contributed by atoms with E-state index in [0.717, 1.165) is 0 Å². The van der Waals surface area contributed by atoms with Crippen molar-refractivity contribution in [2.45, 2.75) is 6.92 Å². The number of hydrogen-bond donors (Lipinski definition) is 2. The first-order chi connectivity index (χ1) is 11.0. The Hall–Kier alpha value is -2.86. The summed E-state index contributed by atoms with van der Waals surface area (Å²) in [5.41, 5.74) is 2.02. The molecular weight excluding hydrogens is 318 g/mol. The van der Waals surface area contributed by atoms with Gasteiger partial charge in [0, 0.05) is 29.3 Å². The van der Waals surface area contributed by atoms with Crippen LogP contribution in [0, 0.1) is 0 Å². The smallest absolute Gasteiger partial charge is 0.302 e. The zero-order valence-electron chi connectivity index (χ0n) is 12.1. The lowest BCUT2D eigenvalue weighted by Gasteiger charge is -2.01. The minimum absolute atomic E-state index is 0.0740. The lowest BCUT2D eigenvalue weighted by molar-refractivity contribution is -0.114. The first kappa shape index (κ1) is 15.1. The Morgan fingerprint density at radius 1 is 1.13 bits per heavy atom. The van der Waals surface area contributed by atoms with E-state index in [-0.39, 0.29) is 17.8 Å². The molecule has 116 valence electrons. The van der Waals surface area contributed by atoms with Gasteiger partial charge in [-0.2, -0.15) is 4.98 Å². The van der Waals surface area contributed by atoms with Crippen LogP contribution in [0.1, 0.15) is 17.3 Å². The van der Waals surface area contributed by atoms with Gasteiger partial charge in [-0.25, -0.2) is 0 Å². The second-order valence-electron chi connectivity index (χ2n) is 4.85. The summed E-state index contributed by atoms with van der Waals surface area (Å²) in [4.78, 5) is 27.4. The van der Waals surface area contributed by atoms with Crippen LogP contribution in [0.4, 0.5) is 11.7 Å². The topological polar surface area (TPSA) is 84.2 Å². The average molecular weight is 330 g/mol. The molecule has 0 spiro atoms. The molecule has 3 rings (SSSR count). The van der Waals surface area contributed by atoms with Crippen molar-refractivity contribution in [1.82, 2.24) is 4.98 Å². The van der Waals surface area contributed by atoms with Gasteiger partial charge in [0.2, 0.25) is 5.91 Å². The van der Waals surface area contributed by atoms with Gasteiger partial charge in [0.05, 0.1) is 0 Å². The first-order valence-corrected chi connectivity index (χ1v) is 7.14. The van der Waals surface area contributed by atoms with Crippen LogP contribution in [-0.4, -0.2) is 16.8 Å². The number of carbonyl (C=O) groups is 2. The predicted molar refractivity (Wildman–Crippen MR) is 87.7 cm³/mol. The Kier molecular flexibility index (Phi) is 3.99. The lowest BCUT2D eigenvalue weighted by atomic mass is 10.2. The highest BCUT2D eigenvalue weighted by molar-refractivity contribution is 6.31. The van der Waals surface area contributed by atoms with Gasteiger partial charge in [0.25, 0.3) is 5.91 Å². The second kappa shape index (κ2) is 6.10. The maximum atomic E-state index is 12.1. The summed E-state index contributed by atoms with van der Waals surface area (Å²) in [5.74, 6) is -0.556. The normalized spacial score (nSPS) is 10.5. The van der Waals surface area contributed by atoms with Gasteiger partial charge in [-0.05, 0) is 30.3 Å². The molecule has 0 bridgehead atoms. The highest BCUT2D eigenvalue weighted by Crippen LogP contribution is 2.23. The molecule has 0 aliphatic heterocycles. The number of hydrogen-bond acceptors (Lipinski definition) is 4. The number of nitrogens with zero attached hydrogens (tertiary/aromatic N) is 1. The Balaban J connectivity index is 1.83. The highest BCUT2D eigenvalue weighted by atomic mass is 35.5. The van der Waals surface area contributed by atoms with Gasteiger partial charge in [0.15, 0.2) is 5.58 Å². The summed E-state index contributed by atoms with van der Waals surface area (Å²) in [6.07, 6.45) is 0. The molecule has 2 aromatic carbocycles. The molecule has 0 unspecified atom stereocenters. The zero-order valence-corrected chi connectivity index (χ0v) is 12.8. The number of halogens is 1. The molecule has 1 heterocycles. The second-order valence-corrected chi connectivity index (χ2v) is 5.28. The lowest BCUT2D eigenvalue weighted by Crippen LogP contribution is -2.11. The van der Waals surface area contributed by atoms with Gasteiger partial charge >= 0.3 is 6.01 Å². The summed E-state index contributed by atoms with van der Waals surface area (Å²) in [7, 11) is 0. The molecule has 0 aliphatic rings. The number of rotatable bonds is 3. The van der Waals surface area contributed by atoms with Crippen LogP contribution < -0.4 is 10.6 Å². The summed E-state index contributed by atoms with van der Waals surface area (Å²) < 4.78 is 5.49. The number of aromatic nitrogens is 1. The van der Waals surface area contributed by atoms with E-state index in [4.69, 9.17) is 16.0 Å². The minimum Gasteiger partial charge on any atom is -0.423 e. The fourth-order valence-corrected chi connectivity index (χ4v) is 2.25. The van der Waals surface area contributed by atoms with E-state index in [1.54, 1.807) is 42.5 Å². The number of oxazole rings is 1. The third-order valence-corrected chi connectivity index (χ3v) is 3.25. The predicted octanol–water partition coefficient (Wildman–Crippen LogP) is 3.69. The Morgan fingerprint density at radius 2 is 1.96 bits per heavy atom. The summed E-state index contributed by atoms with van der Waals surface area (Å²) in [6, 6.07) is 11.7. The van der Waals surface area contributed by atoms with Gasteiger partial charge < -0.3 is 9.73 Å². The van der Waals surface area contributed by atoms with Crippen molar-refractivity contribution in [2.75, 3.05) is 10.6 Å². The number of amides is 2. The molecule has 1 aromatic heterocycles. The fraction of sp³-hybridized carbons (Fsp3) is 0.0625. The van der Waals surface area contributed by atoms with Crippen LogP contribution in [0.5, 0.6) is 0 Å². The zero-order chi connectivity index (χ0) is 16.4. The molecule has 0 saturated carbocycles. The van der Waals surface area contributed by atoms with Crippen molar-refractivity contribution in [3.8, 4) is 0 Å². The van der Waals surface area contributed by atoms with Crippen molar-refractivity contribution in [3.63, 3.8) is 0 Å². The van der Waals surface area contributed by atoms with Crippen molar-refractivity contribution in [3.05, 3.63) is 53.1 Å². The van der Waals surface area contributed by atoms with Crippen molar-refractivity contribution >= 4 is 46.2 Å². The van der Waals surface area contributed by atoms with E-state index >= 15 is 0 Å². The van der Waals surface area contributed by atoms with E-state index in [9.17, 15) is 9.59 Å². The quantitative estimate of drug-likeness (QED) is 0.767. The molecule has 6 nitrogen and oxygen atoms in total. The Morgan fingerprint density at radius 3 is 2.70 bits per heavy atom. The molecule has 0 fully saturated rings. The molecule has 2 N–H and O–H groups in total. The number of nitrogens with one attached hydrogen (secondary N) is 2. The molecule has 7 heteroatoms. The fourth-order valence-electron chi connectivity index (χ4n) is 2.06. The number of fused-ring (bicyclic) bond motifs is 1. The average Bonchev–Trinajstić information content (AvgIpc) is 2.88. The van der Waals surface area contributed by atoms with E-state index in [2.05, 4.69) is 15.6 Å². The van der Waals surface area contributed by atoms with E-state index < -0.39 is 0 Å². The minimum atomic E-state index is -0.374. The van der Waals surface area contributed by atoms with Gasteiger partial charge in [-0.3, -0.25) is 14.9 Å². The largest absolute Gasteiger partial charge is 0.423 e. The summed E-state index contributed by atoms with van der Waals surface area (Å²) >= 11 is 5.86. The van der Waals surface area contributed by atoms with Crippen molar-refractivity contribution in [2.24, 2.45) is 0 Å². The number of carbonyl (C=O) groups excluding carboxylic acids is 2. The molecule has 2 amide bonds. The van der Waals surface area contributed by atoms with Crippen molar-refractivity contribution < 1.29 is 14.0 Å². The molecular formula is C16H12ClN3O3. The SMILES string of the molecule is CC(=O)Nc1ccc2nc(NC(=O)c3cccc(Cl)c3)oc2c1. The standard InChI is InChI=1S/C16H12ClN3O3/c1-9(21)18-12-5-6-13-14(8-12)23-16(19-13)20-15(22)10-3-2-4-11(17)7-10/h2-8H,1H3,(H,18,21)(H,19,20,22). The van der Waals surface area contributed by atoms with Crippen LogP contribution in [-0.2, 0) is 4.79 Å². The third-order valence-electron chi connectivity index (χ3n) is 3.02. The van der Waals surface area contributed by atoms with E-state index in [1.807, 2.05) is 0 Å². The molecule has 0 aliphatic carbocycles.